The summed E-state index contributed by atoms with van der Waals surface area (Å²) in [7, 11) is 0. The van der Waals surface area contributed by atoms with Gasteiger partial charge >= 0.3 is 6.03 Å². The van der Waals surface area contributed by atoms with Gasteiger partial charge in [0.2, 0.25) is 0 Å². The maximum atomic E-state index is 12.1. The van der Waals surface area contributed by atoms with Crippen LogP contribution in [-0.2, 0) is 11.8 Å². The van der Waals surface area contributed by atoms with Gasteiger partial charge in [-0.15, -0.1) is 0 Å². The molecule has 3 nitrogen and oxygen atoms in total. The Kier molecular flexibility index (Phi) is 5.21. The van der Waals surface area contributed by atoms with Crippen LogP contribution in [0.1, 0.15) is 31.9 Å². The maximum Gasteiger partial charge on any atom is 0.319 e. The van der Waals surface area contributed by atoms with Crippen LogP contribution in [-0.4, -0.2) is 12.6 Å². The second kappa shape index (κ2) is 7.12. The van der Waals surface area contributed by atoms with Crippen molar-refractivity contribution in [1.82, 2.24) is 5.32 Å². The topological polar surface area (TPSA) is 41.1 Å². The molecule has 0 aromatic heterocycles. The molecule has 0 aliphatic carbocycles. The minimum absolute atomic E-state index is 0.00604. The van der Waals surface area contributed by atoms with Gasteiger partial charge in [-0.25, -0.2) is 4.79 Å². The molecule has 0 saturated carbocycles. The van der Waals surface area contributed by atoms with Crippen molar-refractivity contribution < 1.29 is 4.79 Å². The third kappa shape index (κ3) is 4.62. The van der Waals surface area contributed by atoms with Crippen LogP contribution in [0.2, 0.25) is 0 Å². The lowest BCUT2D eigenvalue weighted by atomic mass is 9.86. The molecular weight excluding hydrogens is 272 g/mol. The van der Waals surface area contributed by atoms with Crippen molar-refractivity contribution >= 4 is 11.7 Å². The molecule has 0 saturated heterocycles. The number of benzene rings is 2. The van der Waals surface area contributed by atoms with Gasteiger partial charge in [0.05, 0.1) is 0 Å². The number of para-hydroxylation sites is 1. The third-order valence-corrected chi connectivity index (χ3v) is 3.53. The summed E-state index contributed by atoms with van der Waals surface area (Å²) in [6.07, 6.45) is 0.829. The fraction of sp³-hybridized carbons (Fsp3) is 0.316. The first-order chi connectivity index (χ1) is 10.5. The molecule has 0 spiro atoms. The van der Waals surface area contributed by atoms with Gasteiger partial charge < -0.3 is 10.6 Å². The standard InChI is InChI=1S/C19H24N2O/c1-19(2,3)16-11-7-8-12-17(16)21-18(22)20-14-13-15-9-5-4-6-10-15/h4-12H,13-14H2,1-3H3,(H2,20,21,22). The zero-order chi connectivity index (χ0) is 16.0. The molecule has 2 rings (SSSR count). The van der Waals surface area contributed by atoms with Gasteiger partial charge in [0.15, 0.2) is 0 Å². The van der Waals surface area contributed by atoms with Gasteiger partial charge in [0.25, 0.3) is 0 Å². The van der Waals surface area contributed by atoms with Crippen LogP contribution >= 0.6 is 0 Å². The Balaban J connectivity index is 1.90. The molecule has 22 heavy (non-hydrogen) atoms. The first kappa shape index (κ1) is 16.1. The quantitative estimate of drug-likeness (QED) is 0.865. The smallest absolute Gasteiger partial charge is 0.319 e. The lowest BCUT2D eigenvalue weighted by Crippen LogP contribution is -2.31. The van der Waals surface area contributed by atoms with Crippen LogP contribution in [0.15, 0.2) is 54.6 Å². The first-order valence-electron chi connectivity index (χ1n) is 7.65. The van der Waals surface area contributed by atoms with Crippen molar-refractivity contribution in [1.29, 1.82) is 0 Å². The molecule has 0 atom stereocenters. The lowest BCUT2D eigenvalue weighted by Gasteiger charge is -2.23. The van der Waals surface area contributed by atoms with Crippen LogP contribution in [0.25, 0.3) is 0 Å². The molecule has 3 heteroatoms. The number of urea groups is 1. The Morgan fingerprint density at radius 2 is 1.59 bits per heavy atom. The largest absolute Gasteiger partial charge is 0.338 e. The second-order valence-corrected chi connectivity index (χ2v) is 6.41. The Morgan fingerprint density at radius 1 is 0.955 bits per heavy atom. The fourth-order valence-corrected chi connectivity index (χ4v) is 2.38. The number of carbonyl (C=O) groups excluding carboxylic acids is 1. The fourth-order valence-electron chi connectivity index (χ4n) is 2.38. The minimum atomic E-state index is -0.160. The summed E-state index contributed by atoms with van der Waals surface area (Å²) < 4.78 is 0. The van der Waals surface area contributed by atoms with Gasteiger partial charge in [0, 0.05) is 12.2 Å². The number of carbonyl (C=O) groups is 1. The molecule has 2 amide bonds. The van der Waals surface area contributed by atoms with Gasteiger partial charge in [-0.3, -0.25) is 0 Å². The Morgan fingerprint density at radius 3 is 2.27 bits per heavy atom. The van der Waals surface area contributed by atoms with Crippen LogP contribution in [0.5, 0.6) is 0 Å². The molecule has 2 aromatic carbocycles. The van der Waals surface area contributed by atoms with E-state index in [1.54, 1.807) is 0 Å². The molecule has 0 radical (unpaired) electrons. The molecule has 0 fully saturated rings. The molecule has 0 aliphatic rings. The summed E-state index contributed by atoms with van der Waals surface area (Å²) >= 11 is 0. The molecule has 116 valence electrons. The number of hydrogen-bond donors (Lipinski definition) is 2. The highest BCUT2D eigenvalue weighted by Gasteiger charge is 2.18. The number of anilines is 1. The van der Waals surface area contributed by atoms with Gasteiger partial charge in [-0.2, -0.15) is 0 Å². The Hall–Kier alpha value is -2.29. The first-order valence-corrected chi connectivity index (χ1v) is 7.65. The van der Waals surface area contributed by atoms with Gasteiger partial charge in [0.1, 0.15) is 0 Å². The van der Waals surface area contributed by atoms with Crippen molar-refractivity contribution in [2.75, 3.05) is 11.9 Å². The van der Waals surface area contributed by atoms with E-state index in [0.717, 1.165) is 17.7 Å². The number of amides is 2. The summed E-state index contributed by atoms with van der Waals surface area (Å²) in [5.74, 6) is 0. The van der Waals surface area contributed by atoms with Gasteiger partial charge in [-0.05, 0) is 29.0 Å². The zero-order valence-electron chi connectivity index (χ0n) is 13.5. The summed E-state index contributed by atoms with van der Waals surface area (Å²) in [6.45, 7) is 7.04. The van der Waals surface area contributed by atoms with E-state index >= 15 is 0 Å². The maximum absolute atomic E-state index is 12.1. The SMILES string of the molecule is CC(C)(C)c1ccccc1NC(=O)NCCc1ccccc1. The van der Waals surface area contributed by atoms with Crippen molar-refractivity contribution in [3.05, 3.63) is 65.7 Å². The average molecular weight is 296 g/mol. The van der Waals surface area contributed by atoms with E-state index in [1.165, 1.54) is 5.56 Å². The molecule has 0 aliphatic heterocycles. The highest BCUT2D eigenvalue weighted by molar-refractivity contribution is 5.90. The molecular formula is C19H24N2O. The van der Waals surface area contributed by atoms with E-state index in [2.05, 4.69) is 49.6 Å². The van der Waals surface area contributed by atoms with E-state index in [0.29, 0.717) is 6.54 Å². The van der Waals surface area contributed by atoms with E-state index < -0.39 is 0 Å². The lowest BCUT2D eigenvalue weighted by molar-refractivity contribution is 0.252. The summed E-state index contributed by atoms with van der Waals surface area (Å²) in [4.78, 5) is 12.1. The Labute approximate surface area is 132 Å². The van der Waals surface area contributed by atoms with E-state index in [1.807, 2.05) is 36.4 Å². The van der Waals surface area contributed by atoms with Crippen LogP contribution < -0.4 is 10.6 Å². The number of rotatable bonds is 4. The van der Waals surface area contributed by atoms with Crippen molar-refractivity contribution in [2.24, 2.45) is 0 Å². The number of hydrogen-bond acceptors (Lipinski definition) is 1. The number of nitrogens with one attached hydrogen (secondary N) is 2. The summed E-state index contributed by atoms with van der Waals surface area (Å²) in [6, 6.07) is 17.9. The highest BCUT2D eigenvalue weighted by Crippen LogP contribution is 2.29. The van der Waals surface area contributed by atoms with Gasteiger partial charge in [-0.1, -0.05) is 69.3 Å². The van der Waals surface area contributed by atoms with Crippen LogP contribution in [0.3, 0.4) is 0 Å². The minimum Gasteiger partial charge on any atom is -0.338 e. The highest BCUT2D eigenvalue weighted by atomic mass is 16.2. The zero-order valence-corrected chi connectivity index (χ0v) is 13.5. The normalized spacial score (nSPS) is 11.0. The van der Waals surface area contributed by atoms with Crippen molar-refractivity contribution in [3.63, 3.8) is 0 Å². The predicted octanol–water partition coefficient (Wildman–Crippen LogP) is 4.35. The molecule has 0 bridgehead atoms. The van der Waals surface area contributed by atoms with Crippen LogP contribution in [0, 0.1) is 0 Å². The van der Waals surface area contributed by atoms with Crippen molar-refractivity contribution in [2.45, 2.75) is 32.6 Å². The second-order valence-electron chi connectivity index (χ2n) is 6.41. The summed E-state index contributed by atoms with van der Waals surface area (Å²) in [5.41, 5.74) is 3.21. The summed E-state index contributed by atoms with van der Waals surface area (Å²) in [5, 5.41) is 5.86. The molecule has 2 aromatic rings. The molecule has 0 heterocycles. The molecule has 0 unspecified atom stereocenters. The Bertz CT molecular complexity index is 615. The van der Waals surface area contributed by atoms with E-state index in [4.69, 9.17) is 0 Å². The predicted molar refractivity (Wildman–Crippen MR) is 92.3 cm³/mol. The van der Waals surface area contributed by atoms with Crippen molar-refractivity contribution in [3.8, 4) is 0 Å². The monoisotopic (exact) mass is 296 g/mol. The average Bonchev–Trinajstić information content (AvgIpc) is 2.48. The van der Waals surface area contributed by atoms with E-state index in [-0.39, 0.29) is 11.4 Å². The van der Waals surface area contributed by atoms with Crippen LogP contribution in [0.4, 0.5) is 10.5 Å². The molecule has 2 N–H and O–H groups in total. The third-order valence-electron chi connectivity index (χ3n) is 3.53. The van der Waals surface area contributed by atoms with E-state index in [9.17, 15) is 4.79 Å².